The number of benzene rings is 1. The van der Waals surface area contributed by atoms with Gasteiger partial charge >= 0.3 is 5.97 Å². The van der Waals surface area contributed by atoms with Gasteiger partial charge in [-0.1, -0.05) is 36.0 Å². The average Bonchev–Trinajstić information content (AvgIpc) is 3.19. The number of ether oxygens (including phenoxy) is 1. The summed E-state index contributed by atoms with van der Waals surface area (Å²) in [6.45, 7) is 6.06. The van der Waals surface area contributed by atoms with Crippen LogP contribution in [0.1, 0.15) is 34.3 Å². The average molecular weight is 425 g/mol. The lowest BCUT2D eigenvalue weighted by molar-refractivity contribution is -0.144. The van der Waals surface area contributed by atoms with Crippen LogP contribution in [0.15, 0.2) is 69.1 Å². The molecule has 1 amide bonds. The Kier molecular flexibility index (Phi) is 7.30. The van der Waals surface area contributed by atoms with Crippen molar-refractivity contribution in [1.82, 2.24) is 9.88 Å². The number of furan rings is 1. The summed E-state index contributed by atoms with van der Waals surface area (Å²) in [6.07, 6.45) is 1.65. The number of aryl methyl sites for hydroxylation is 2. The molecule has 2 heterocycles. The second kappa shape index (κ2) is 10.1. The van der Waals surface area contributed by atoms with Crippen LogP contribution < -0.4 is 0 Å². The first kappa shape index (κ1) is 21.6. The maximum absolute atomic E-state index is 13.1. The fraction of sp³-hybridized carbons (Fsp3) is 0.261. The van der Waals surface area contributed by atoms with Crippen molar-refractivity contribution in [3.63, 3.8) is 0 Å². The highest BCUT2D eigenvalue weighted by molar-refractivity contribution is 7.99. The topological polar surface area (TPSA) is 72.6 Å². The van der Waals surface area contributed by atoms with Crippen LogP contribution >= 0.6 is 11.8 Å². The zero-order chi connectivity index (χ0) is 21.5. The number of hydrogen-bond donors (Lipinski definition) is 0. The van der Waals surface area contributed by atoms with Crippen molar-refractivity contribution >= 4 is 23.6 Å². The Balaban J connectivity index is 1.79. The summed E-state index contributed by atoms with van der Waals surface area (Å²) in [6, 6.07) is 14.9. The highest BCUT2D eigenvalue weighted by Crippen LogP contribution is 2.34. The zero-order valence-electron chi connectivity index (χ0n) is 17.3. The molecule has 30 heavy (non-hydrogen) atoms. The van der Waals surface area contributed by atoms with Crippen molar-refractivity contribution in [1.29, 1.82) is 0 Å². The number of nitrogens with zero attached hydrogens (tertiary/aromatic N) is 2. The molecule has 6 nitrogen and oxygen atoms in total. The first-order chi connectivity index (χ1) is 14.5. The maximum atomic E-state index is 13.1. The molecule has 0 spiro atoms. The minimum Gasteiger partial charge on any atom is -0.465 e. The third-order valence-electron chi connectivity index (χ3n) is 4.40. The van der Waals surface area contributed by atoms with E-state index in [4.69, 9.17) is 9.15 Å². The van der Waals surface area contributed by atoms with Crippen molar-refractivity contribution in [2.24, 2.45) is 0 Å². The summed E-state index contributed by atoms with van der Waals surface area (Å²) in [7, 11) is 0. The van der Waals surface area contributed by atoms with Crippen LogP contribution in [0.25, 0.3) is 0 Å². The van der Waals surface area contributed by atoms with Crippen LogP contribution in [0.2, 0.25) is 0 Å². The number of carbonyl (C=O) groups excluding carboxylic acids is 2. The van der Waals surface area contributed by atoms with Gasteiger partial charge in [-0.2, -0.15) is 0 Å². The van der Waals surface area contributed by atoms with Crippen LogP contribution in [0.4, 0.5) is 0 Å². The molecule has 0 radical (unpaired) electrons. The minimum absolute atomic E-state index is 0.170. The predicted octanol–water partition coefficient (Wildman–Crippen LogP) is 4.65. The molecule has 3 rings (SSSR count). The molecular weight excluding hydrogens is 400 g/mol. The molecule has 7 heteroatoms. The van der Waals surface area contributed by atoms with E-state index in [2.05, 4.69) is 4.98 Å². The Morgan fingerprint density at radius 2 is 1.83 bits per heavy atom. The van der Waals surface area contributed by atoms with Crippen LogP contribution in [-0.4, -0.2) is 34.9 Å². The van der Waals surface area contributed by atoms with Gasteiger partial charge in [-0.3, -0.25) is 14.6 Å². The molecule has 0 N–H and O–H groups in total. The molecule has 2 aromatic heterocycles. The van der Waals surface area contributed by atoms with Gasteiger partial charge in [0.05, 0.1) is 18.8 Å². The van der Waals surface area contributed by atoms with Crippen molar-refractivity contribution in [3.05, 3.63) is 77.3 Å². The summed E-state index contributed by atoms with van der Waals surface area (Å²) in [5.74, 6) is -0.690. The first-order valence-electron chi connectivity index (χ1n) is 9.66. The van der Waals surface area contributed by atoms with E-state index < -0.39 is 5.97 Å². The molecular formula is C23H24N2O4S. The van der Waals surface area contributed by atoms with Crippen LogP contribution in [-0.2, 0) is 16.1 Å². The minimum atomic E-state index is -0.474. The lowest BCUT2D eigenvalue weighted by Gasteiger charge is -2.20. The predicted molar refractivity (Wildman–Crippen MR) is 114 cm³/mol. The number of pyridine rings is 1. The SMILES string of the molecule is CCOC(=O)CN(Cc1ccccn1)C(=O)c1ccc(Sc2c(C)cccc2C)o1. The number of esters is 1. The van der Waals surface area contributed by atoms with Crippen LogP contribution in [0, 0.1) is 13.8 Å². The quantitative estimate of drug-likeness (QED) is 0.490. The van der Waals surface area contributed by atoms with Crippen molar-refractivity contribution < 1.29 is 18.7 Å². The smallest absolute Gasteiger partial charge is 0.325 e. The molecule has 156 valence electrons. The second-order valence-corrected chi connectivity index (χ2v) is 7.74. The largest absolute Gasteiger partial charge is 0.465 e. The standard InChI is InChI=1S/C23H24N2O4S/c1-4-28-20(26)15-25(14-18-10-5-6-13-24-18)23(27)19-11-12-21(29-19)30-22-16(2)8-7-9-17(22)3/h5-13H,4,14-15H2,1-3H3. The van der Waals surface area contributed by atoms with E-state index >= 15 is 0 Å². The Morgan fingerprint density at radius 3 is 2.50 bits per heavy atom. The lowest BCUT2D eigenvalue weighted by atomic mass is 10.2. The maximum Gasteiger partial charge on any atom is 0.325 e. The van der Waals surface area contributed by atoms with E-state index in [-0.39, 0.29) is 31.4 Å². The number of amides is 1. The monoisotopic (exact) mass is 424 g/mol. The Morgan fingerprint density at radius 1 is 1.07 bits per heavy atom. The van der Waals surface area contributed by atoms with Gasteiger partial charge in [-0.25, -0.2) is 0 Å². The molecule has 0 unspecified atom stereocenters. The highest BCUT2D eigenvalue weighted by atomic mass is 32.2. The van der Waals surface area contributed by atoms with Gasteiger partial charge in [0.25, 0.3) is 5.91 Å². The molecule has 0 atom stereocenters. The molecule has 0 aliphatic rings. The van der Waals surface area contributed by atoms with E-state index in [0.29, 0.717) is 10.8 Å². The van der Waals surface area contributed by atoms with Crippen molar-refractivity contribution in [2.75, 3.05) is 13.2 Å². The second-order valence-electron chi connectivity index (χ2n) is 6.73. The molecule has 0 saturated carbocycles. The van der Waals surface area contributed by atoms with Gasteiger partial charge < -0.3 is 14.1 Å². The first-order valence-corrected chi connectivity index (χ1v) is 10.5. The third kappa shape index (κ3) is 5.51. The fourth-order valence-corrected chi connectivity index (χ4v) is 3.88. The Bertz CT molecular complexity index is 997. The normalized spacial score (nSPS) is 10.6. The molecule has 0 aliphatic heterocycles. The molecule has 3 aromatic rings. The molecule has 0 fully saturated rings. The summed E-state index contributed by atoms with van der Waals surface area (Å²) >= 11 is 1.48. The third-order valence-corrected chi connectivity index (χ3v) is 5.66. The number of carbonyl (C=O) groups is 2. The van der Waals surface area contributed by atoms with E-state index in [1.807, 2.05) is 38.1 Å². The van der Waals surface area contributed by atoms with Gasteiger partial charge in [0.1, 0.15) is 6.54 Å². The number of rotatable bonds is 8. The van der Waals surface area contributed by atoms with Crippen LogP contribution in [0.3, 0.4) is 0 Å². The van der Waals surface area contributed by atoms with E-state index in [1.165, 1.54) is 16.7 Å². The van der Waals surface area contributed by atoms with Crippen molar-refractivity contribution in [2.45, 2.75) is 37.3 Å². The molecule has 1 aromatic carbocycles. The number of aromatic nitrogens is 1. The highest BCUT2D eigenvalue weighted by Gasteiger charge is 2.23. The molecule has 0 aliphatic carbocycles. The number of hydrogen-bond acceptors (Lipinski definition) is 6. The van der Waals surface area contributed by atoms with Gasteiger partial charge in [0.2, 0.25) is 0 Å². The van der Waals surface area contributed by atoms with Crippen molar-refractivity contribution in [3.8, 4) is 0 Å². The van der Waals surface area contributed by atoms with Gasteiger partial charge in [-0.15, -0.1) is 0 Å². The summed E-state index contributed by atoms with van der Waals surface area (Å²) in [5.41, 5.74) is 2.96. The van der Waals surface area contributed by atoms with Gasteiger partial charge in [0.15, 0.2) is 10.9 Å². The zero-order valence-corrected chi connectivity index (χ0v) is 18.1. The van der Waals surface area contributed by atoms with E-state index in [1.54, 1.807) is 37.4 Å². The van der Waals surface area contributed by atoms with Gasteiger partial charge in [0, 0.05) is 11.1 Å². The van der Waals surface area contributed by atoms with E-state index in [0.717, 1.165) is 16.0 Å². The summed E-state index contributed by atoms with van der Waals surface area (Å²) in [5, 5.41) is 0.615. The van der Waals surface area contributed by atoms with Crippen LogP contribution in [0.5, 0.6) is 0 Å². The molecule has 0 bridgehead atoms. The summed E-state index contributed by atoms with van der Waals surface area (Å²) in [4.78, 5) is 31.8. The summed E-state index contributed by atoms with van der Waals surface area (Å²) < 4.78 is 10.8. The lowest BCUT2D eigenvalue weighted by Crippen LogP contribution is -2.36. The molecule has 0 saturated heterocycles. The van der Waals surface area contributed by atoms with E-state index in [9.17, 15) is 9.59 Å². The fourth-order valence-electron chi connectivity index (χ4n) is 2.96. The Hall–Kier alpha value is -3.06. The Labute approximate surface area is 180 Å². The van der Waals surface area contributed by atoms with Gasteiger partial charge in [-0.05, 0) is 56.2 Å².